The molecule has 0 spiro atoms. The Kier molecular flexibility index (Phi) is 4.57. The van der Waals surface area contributed by atoms with Crippen molar-refractivity contribution in [2.45, 2.75) is 6.42 Å². The number of benzene rings is 2. The summed E-state index contributed by atoms with van der Waals surface area (Å²) in [6.45, 7) is 0.481. The molecule has 0 fully saturated rings. The van der Waals surface area contributed by atoms with Gasteiger partial charge in [-0.2, -0.15) is 0 Å². The maximum absolute atomic E-state index is 12.6. The number of aromatic amines is 1. The number of amides is 1. The second-order valence-electron chi connectivity index (χ2n) is 6.44. The topological polar surface area (TPSA) is 82.3 Å². The van der Waals surface area contributed by atoms with Crippen LogP contribution in [0.3, 0.4) is 0 Å². The first kappa shape index (κ1) is 17.9. The highest BCUT2D eigenvalue weighted by atomic mass is 35.5. The first-order valence-corrected chi connectivity index (χ1v) is 10.6. The van der Waals surface area contributed by atoms with Crippen LogP contribution in [0.15, 0.2) is 48.5 Å². The van der Waals surface area contributed by atoms with E-state index >= 15 is 0 Å². The molecule has 0 saturated heterocycles. The van der Waals surface area contributed by atoms with Crippen molar-refractivity contribution in [1.82, 2.24) is 10.3 Å². The molecule has 2 heterocycles. The van der Waals surface area contributed by atoms with E-state index in [1.807, 2.05) is 24.3 Å². The van der Waals surface area contributed by atoms with E-state index < -0.39 is 10.0 Å². The molecule has 3 aromatic rings. The smallest absolute Gasteiger partial charge is 0.267 e. The molecular weight excluding hydrogens is 386 g/mol. The van der Waals surface area contributed by atoms with Gasteiger partial charge in [-0.3, -0.25) is 9.10 Å². The molecule has 4 rings (SSSR count). The number of carbonyl (C=O) groups excluding carboxylic acids is 1. The molecule has 140 valence electrons. The molecule has 0 atom stereocenters. The minimum atomic E-state index is -3.49. The van der Waals surface area contributed by atoms with Crippen LogP contribution in [0.1, 0.15) is 16.1 Å². The van der Waals surface area contributed by atoms with Gasteiger partial charge < -0.3 is 10.3 Å². The first-order chi connectivity index (χ1) is 12.9. The van der Waals surface area contributed by atoms with Crippen molar-refractivity contribution < 1.29 is 13.2 Å². The Balaban J connectivity index is 1.40. The molecule has 0 unspecified atom stereocenters. The van der Waals surface area contributed by atoms with Crippen LogP contribution in [-0.2, 0) is 16.4 Å². The number of sulfonamides is 1. The highest BCUT2D eigenvalue weighted by Crippen LogP contribution is 2.29. The zero-order chi connectivity index (χ0) is 19.0. The van der Waals surface area contributed by atoms with Crippen LogP contribution < -0.4 is 9.62 Å². The maximum Gasteiger partial charge on any atom is 0.267 e. The minimum absolute atomic E-state index is 0.0377. The van der Waals surface area contributed by atoms with E-state index in [4.69, 9.17) is 11.6 Å². The molecule has 6 nitrogen and oxygen atoms in total. The van der Waals surface area contributed by atoms with E-state index in [-0.39, 0.29) is 18.2 Å². The maximum atomic E-state index is 12.6. The lowest BCUT2D eigenvalue weighted by Crippen LogP contribution is -2.37. The molecule has 2 N–H and O–H groups in total. The summed E-state index contributed by atoms with van der Waals surface area (Å²) >= 11 is 5.95. The lowest BCUT2D eigenvalue weighted by atomic mass is 10.2. The Bertz CT molecular complexity index is 1120. The summed E-state index contributed by atoms with van der Waals surface area (Å²) in [6.07, 6.45) is 0.708. The van der Waals surface area contributed by atoms with Crippen LogP contribution in [0.5, 0.6) is 0 Å². The number of carbonyl (C=O) groups is 1. The summed E-state index contributed by atoms with van der Waals surface area (Å²) in [7, 11) is -3.49. The molecule has 8 heteroatoms. The number of anilines is 1. The first-order valence-electron chi connectivity index (χ1n) is 8.59. The normalized spacial score (nSPS) is 13.7. The van der Waals surface area contributed by atoms with Crippen molar-refractivity contribution in [3.8, 4) is 0 Å². The summed E-state index contributed by atoms with van der Waals surface area (Å²) in [5, 5.41) is 4.09. The number of halogens is 1. The van der Waals surface area contributed by atoms with E-state index in [2.05, 4.69) is 10.3 Å². The average Bonchev–Trinajstić information content (AvgIpc) is 3.25. The fraction of sp³-hybridized carbons (Fsp3) is 0.211. The van der Waals surface area contributed by atoms with Gasteiger partial charge in [0.1, 0.15) is 5.69 Å². The van der Waals surface area contributed by atoms with Gasteiger partial charge in [0.25, 0.3) is 5.91 Å². The second-order valence-corrected chi connectivity index (χ2v) is 8.89. The quantitative estimate of drug-likeness (QED) is 0.687. The molecule has 0 saturated carbocycles. The second kappa shape index (κ2) is 6.90. The van der Waals surface area contributed by atoms with Crippen molar-refractivity contribution >= 4 is 44.1 Å². The SMILES string of the molecule is O=C(NCCS(=O)(=O)N1CCc2ccccc21)c1cc2cc(Cl)ccc2[nH]1. The Hall–Kier alpha value is -2.51. The van der Waals surface area contributed by atoms with Crippen molar-refractivity contribution in [2.75, 3.05) is 23.1 Å². The van der Waals surface area contributed by atoms with Gasteiger partial charge in [-0.1, -0.05) is 29.8 Å². The molecule has 0 radical (unpaired) electrons. The van der Waals surface area contributed by atoms with Crippen LogP contribution in [0.2, 0.25) is 5.02 Å². The largest absolute Gasteiger partial charge is 0.351 e. The predicted molar refractivity (Wildman–Crippen MR) is 107 cm³/mol. The number of H-pyrrole nitrogens is 1. The van der Waals surface area contributed by atoms with Crippen molar-refractivity contribution in [2.24, 2.45) is 0 Å². The molecule has 0 bridgehead atoms. The Morgan fingerprint density at radius 3 is 2.85 bits per heavy atom. The number of para-hydroxylation sites is 1. The molecule has 1 aliphatic heterocycles. The average molecular weight is 404 g/mol. The third kappa shape index (κ3) is 3.52. The molecular formula is C19H18ClN3O3S. The zero-order valence-corrected chi connectivity index (χ0v) is 16.0. The lowest BCUT2D eigenvalue weighted by Gasteiger charge is -2.19. The number of hydrogen-bond donors (Lipinski definition) is 2. The van der Waals surface area contributed by atoms with Gasteiger partial charge in [0.05, 0.1) is 11.4 Å². The number of aromatic nitrogens is 1. The molecule has 27 heavy (non-hydrogen) atoms. The van der Waals surface area contributed by atoms with E-state index in [1.165, 1.54) is 4.31 Å². The van der Waals surface area contributed by atoms with Gasteiger partial charge in [0, 0.05) is 29.0 Å². The molecule has 1 aromatic heterocycles. The number of rotatable bonds is 5. The molecule has 1 aliphatic rings. The van der Waals surface area contributed by atoms with Crippen LogP contribution in [0.25, 0.3) is 10.9 Å². The summed E-state index contributed by atoms with van der Waals surface area (Å²) in [6, 6.07) is 14.5. The predicted octanol–water partition coefficient (Wildman–Crippen LogP) is 2.94. The van der Waals surface area contributed by atoms with Crippen LogP contribution in [-0.4, -0.2) is 38.2 Å². The van der Waals surface area contributed by atoms with E-state index in [0.29, 0.717) is 23.7 Å². The van der Waals surface area contributed by atoms with Crippen molar-refractivity contribution in [1.29, 1.82) is 0 Å². The van der Waals surface area contributed by atoms with Gasteiger partial charge in [-0.25, -0.2) is 8.42 Å². The van der Waals surface area contributed by atoms with Crippen molar-refractivity contribution in [3.05, 3.63) is 64.8 Å². The Morgan fingerprint density at radius 1 is 1.19 bits per heavy atom. The number of fused-ring (bicyclic) bond motifs is 2. The molecule has 2 aromatic carbocycles. The summed E-state index contributed by atoms with van der Waals surface area (Å²) < 4.78 is 26.7. The van der Waals surface area contributed by atoms with Crippen LogP contribution in [0.4, 0.5) is 5.69 Å². The van der Waals surface area contributed by atoms with E-state index in [1.54, 1.807) is 24.3 Å². The third-order valence-electron chi connectivity index (χ3n) is 4.65. The third-order valence-corrected chi connectivity index (χ3v) is 6.66. The fourth-order valence-corrected chi connectivity index (χ4v) is 4.93. The number of nitrogens with zero attached hydrogens (tertiary/aromatic N) is 1. The van der Waals surface area contributed by atoms with Crippen LogP contribution in [0, 0.1) is 0 Å². The van der Waals surface area contributed by atoms with Gasteiger partial charge in [-0.05, 0) is 42.3 Å². The monoisotopic (exact) mass is 403 g/mol. The lowest BCUT2D eigenvalue weighted by molar-refractivity contribution is 0.0952. The van der Waals surface area contributed by atoms with Gasteiger partial charge in [-0.15, -0.1) is 0 Å². The fourth-order valence-electron chi connectivity index (χ4n) is 3.32. The standard InChI is InChI=1S/C19H18ClN3O3S/c20-15-5-6-16-14(11-15)12-17(22-16)19(24)21-8-10-27(25,26)23-9-7-13-3-1-2-4-18(13)23/h1-6,11-12,22H,7-10H2,(H,21,24). The molecule has 0 aliphatic carbocycles. The minimum Gasteiger partial charge on any atom is -0.351 e. The van der Waals surface area contributed by atoms with E-state index in [0.717, 1.165) is 22.2 Å². The highest BCUT2D eigenvalue weighted by Gasteiger charge is 2.28. The van der Waals surface area contributed by atoms with Gasteiger partial charge in [0.15, 0.2) is 0 Å². The Morgan fingerprint density at radius 2 is 2.00 bits per heavy atom. The van der Waals surface area contributed by atoms with E-state index in [9.17, 15) is 13.2 Å². The summed E-state index contributed by atoms with van der Waals surface area (Å²) in [5.74, 6) is -0.501. The van der Waals surface area contributed by atoms with Crippen molar-refractivity contribution in [3.63, 3.8) is 0 Å². The number of nitrogens with one attached hydrogen (secondary N) is 2. The van der Waals surface area contributed by atoms with Crippen LogP contribution >= 0.6 is 11.6 Å². The zero-order valence-electron chi connectivity index (χ0n) is 14.4. The highest BCUT2D eigenvalue weighted by molar-refractivity contribution is 7.92. The number of hydrogen-bond acceptors (Lipinski definition) is 3. The molecule has 1 amide bonds. The van der Waals surface area contributed by atoms with Gasteiger partial charge >= 0.3 is 0 Å². The summed E-state index contributed by atoms with van der Waals surface area (Å²) in [5.41, 5.74) is 2.93. The van der Waals surface area contributed by atoms with Gasteiger partial charge in [0.2, 0.25) is 10.0 Å². The Labute approximate surface area is 162 Å². The summed E-state index contributed by atoms with van der Waals surface area (Å²) in [4.78, 5) is 15.3.